The molecular formula is C16H21N3O. The Morgan fingerprint density at radius 2 is 2.20 bits per heavy atom. The highest BCUT2D eigenvalue weighted by Crippen LogP contribution is 2.25. The van der Waals surface area contributed by atoms with Gasteiger partial charge < -0.3 is 4.74 Å². The fraction of sp³-hybridized carbons (Fsp3) is 0.438. The molecule has 1 aliphatic rings. The van der Waals surface area contributed by atoms with Crippen molar-refractivity contribution in [2.24, 2.45) is 0 Å². The van der Waals surface area contributed by atoms with Crippen LogP contribution in [0.5, 0.6) is 5.75 Å². The molecule has 4 nitrogen and oxygen atoms in total. The van der Waals surface area contributed by atoms with E-state index in [1.807, 2.05) is 24.4 Å². The lowest BCUT2D eigenvalue weighted by Gasteiger charge is -2.33. The van der Waals surface area contributed by atoms with E-state index in [0.717, 1.165) is 25.4 Å². The van der Waals surface area contributed by atoms with Crippen molar-refractivity contribution in [3.05, 3.63) is 48.3 Å². The third-order valence-corrected chi connectivity index (χ3v) is 3.97. The van der Waals surface area contributed by atoms with E-state index >= 15 is 0 Å². The molecule has 0 N–H and O–H groups in total. The number of ether oxygens (including phenoxy) is 1. The predicted molar refractivity (Wildman–Crippen MR) is 78.8 cm³/mol. The first-order valence-electron chi connectivity index (χ1n) is 7.20. The molecule has 0 saturated carbocycles. The van der Waals surface area contributed by atoms with Crippen LogP contribution in [0.2, 0.25) is 0 Å². The van der Waals surface area contributed by atoms with E-state index in [9.17, 15) is 0 Å². The number of hydrogen-bond acceptors (Lipinski definition) is 3. The van der Waals surface area contributed by atoms with Gasteiger partial charge in [-0.25, -0.2) is 0 Å². The second-order valence-electron chi connectivity index (χ2n) is 5.33. The van der Waals surface area contributed by atoms with E-state index in [2.05, 4.69) is 33.0 Å². The smallest absolute Gasteiger partial charge is 0.123 e. The summed E-state index contributed by atoms with van der Waals surface area (Å²) < 4.78 is 7.53. The number of para-hydroxylation sites is 1. The third-order valence-electron chi connectivity index (χ3n) is 3.97. The van der Waals surface area contributed by atoms with Crippen LogP contribution in [-0.4, -0.2) is 34.9 Å². The topological polar surface area (TPSA) is 30.3 Å². The molecule has 1 fully saturated rings. The molecule has 1 unspecified atom stereocenters. The molecule has 2 heterocycles. The molecule has 1 aromatic heterocycles. The van der Waals surface area contributed by atoms with Crippen LogP contribution in [0.1, 0.15) is 24.4 Å². The zero-order valence-corrected chi connectivity index (χ0v) is 11.9. The van der Waals surface area contributed by atoms with E-state index in [1.165, 1.54) is 18.4 Å². The van der Waals surface area contributed by atoms with Gasteiger partial charge in [-0.1, -0.05) is 18.2 Å². The van der Waals surface area contributed by atoms with E-state index in [1.54, 1.807) is 7.11 Å². The van der Waals surface area contributed by atoms with E-state index in [4.69, 9.17) is 4.74 Å². The molecule has 3 rings (SSSR count). The molecule has 0 aliphatic carbocycles. The summed E-state index contributed by atoms with van der Waals surface area (Å²) in [5.41, 5.74) is 1.26. The molecule has 0 spiro atoms. The molecule has 0 amide bonds. The van der Waals surface area contributed by atoms with Crippen molar-refractivity contribution >= 4 is 0 Å². The molecule has 1 atom stereocenters. The Morgan fingerprint density at radius 3 is 3.00 bits per heavy atom. The first-order valence-corrected chi connectivity index (χ1v) is 7.20. The Balaban J connectivity index is 1.68. The van der Waals surface area contributed by atoms with Crippen molar-refractivity contribution < 1.29 is 4.74 Å². The molecule has 4 heteroatoms. The number of piperidine rings is 1. The SMILES string of the molecule is COc1ccccc1CN1CCCC(n2cccn2)C1. The molecule has 1 aliphatic heterocycles. The zero-order chi connectivity index (χ0) is 13.8. The summed E-state index contributed by atoms with van der Waals surface area (Å²) in [5.74, 6) is 0.980. The van der Waals surface area contributed by atoms with Crippen molar-refractivity contribution in [1.29, 1.82) is 0 Å². The summed E-state index contributed by atoms with van der Waals surface area (Å²) in [5, 5.41) is 4.38. The third kappa shape index (κ3) is 2.85. The minimum absolute atomic E-state index is 0.494. The number of aromatic nitrogens is 2. The largest absolute Gasteiger partial charge is 0.496 e. The van der Waals surface area contributed by atoms with Gasteiger partial charge in [-0.05, 0) is 31.5 Å². The Bertz CT molecular complexity index is 538. The average Bonchev–Trinajstić information content (AvgIpc) is 3.02. The zero-order valence-electron chi connectivity index (χ0n) is 11.9. The maximum atomic E-state index is 5.44. The predicted octanol–water partition coefficient (Wildman–Crippen LogP) is 2.73. The lowest BCUT2D eigenvalue weighted by molar-refractivity contribution is 0.162. The van der Waals surface area contributed by atoms with Crippen LogP contribution in [0.4, 0.5) is 0 Å². The number of benzene rings is 1. The quantitative estimate of drug-likeness (QED) is 0.856. The highest BCUT2D eigenvalue weighted by Gasteiger charge is 2.22. The summed E-state index contributed by atoms with van der Waals surface area (Å²) in [7, 11) is 1.74. The Labute approximate surface area is 120 Å². The van der Waals surface area contributed by atoms with Gasteiger partial charge in [-0.15, -0.1) is 0 Å². The highest BCUT2D eigenvalue weighted by atomic mass is 16.5. The molecular weight excluding hydrogens is 250 g/mol. The molecule has 0 radical (unpaired) electrons. The molecule has 1 saturated heterocycles. The number of hydrogen-bond donors (Lipinski definition) is 0. The summed E-state index contributed by atoms with van der Waals surface area (Å²) >= 11 is 0. The van der Waals surface area contributed by atoms with Crippen LogP contribution in [0.15, 0.2) is 42.7 Å². The summed E-state index contributed by atoms with van der Waals surface area (Å²) in [6, 6.07) is 10.8. The van der Waals surface area contributed by atoms with Crippen LogP contribution in [-0.2, 0) is 6.54 Å². The Morgan fingerprint density at radius 1 is 1.30 bits per heavy atom. The average molecular weight is 271 g/mol. The van der Waals surface area contributed by atoms with Crippen molar-refractivity contribution in [3.63, 3.8) is 0 Å². The van der Waals surface area contributed by atoms with Gasteiger partial charge in [0.25, 0.3) is 0 Å². The van der Waals surface area contributed by atoms with Gasteiger partial charge in [0, 0.05) is 31.0 Å². The van der Waals surface area contributed by atoms with Crippen LogP contribution < -0.4 is 4.74 Å². The van der Waals surface area contributed by atoms with Crippen LogP contribution in [0, 0.1) is 0 Å². The van der Waals surface area contributed by atoms with Crippen LogP contribution in [0.3, 0.4) is 0 Å². The van der Waals surface area contributed by atoms with Crippen molar-refractivity contribution in [2.45, 2.75) is 25.4 Å². The van der Waals surface area contributed by atoms with Gasteiger partial charge in [0.15, 0.2) is 0 Å². The van der Waals surface area contributed by atoms with Gasteiger partial charge >= 0.3 is 0 Å². The monoisotopic (exact) mass is 271 g/mol. The maximum Gasteiger partial charge on any atom is 0.123 e. The van der Waals surface area contributed by atoms with E-state index in [-0.39, 0.29) is 0 Å². The second kappa shape index (κ2) is 6.09. The Kier molecular flexibility index (Phi) is 4.02. The number of likely N-dealkylation sites (tertiary alicyclic amines) is 1. The number of rotatable bonds is 4. The van der Waals surface area contributed by atoms with Gasteiger partial charge in [0.05, 0.1) is 13.2 Å². The minimum Gasteiger partial charge on any atom is -0.496 e. The molecule has 20 heavy (non-hydrogen) atoms. The molecule has 1 aromatic carbocycles. The standard InChI is InChI=1S/C16H21N3O/c1-20-16-8-3-2-6-14(16)12-18-10-4-7-15(13-18)19-11-5-9-17-19/h2-3,5-6,8-9,11,15H,4,7,10,12-13H2,1H3. The van der Waals surface area contributed by atoms with E-state index in [0.29, 0.717) is 6.04 Å². The fourth-order valence-corrected chi connectivity index (χ4v) is 2.96. The summed E-state index contributed by atoms with van der Waals surface area (Å²) in [6.07, 6.45) is 6.36. The molecule has 2 aromatic rings. The minimum atomic E-state index is 0.494. The lowest BCUT2D eigenvalue weighted by Crippen LogP contribution is -2.36. The van der Waals surface area contributed by atoms with Gasteiger partial charge in [-0.3, -0.25) is 9.58 Å². The molecule has 106 valence electrons. The van der Waals surface area contributed by atoms with Crippen LogP contribution in [0.25, 0.3) is 0 Å². The number of methoxy groups -OCH3 is 1. The normalized spacial score (nSPS) is 19.9. The van der Waals surface area contributed by atoms with Crippen molar-refractivity contribution in [1.82, 2.24) is 14.7 Å². The fourth-order valence-electron chi connectivity index (χ4n) is 2.96. The summed E-state index contributed by atoms with van der Waals surface area (Å²) in [6.45, 7) is 3.15. The van der Waals surface area contributed by atoms with Gasteiger partial charge in [0.2, 0.25) is 0 Å². The van der Waals surface area contributed by atoms with Gasteiger partial charge in [0.1, 0.15) is 5.75 Å². The van der Waals surface area contributed by atoms with Crippen LogP contribution >= 0.6 is 0 Å². The van der Waals surface area contributed by atoms with Crippen molar-refractivity contribution in [3.8, 4) is 5.75 Å². The lowest BCUT2D eigenvalue weighted by atomic mass is 10.0. The Hall–Kier alpha value is -1.81. The first-order chi connectivity index (χ1) is 9.86. The molecule has 0 bridgehead atoms. The first kappa shape index (κ1) is 13.2. The van der Waals surface area contributed by atoms with Crippen molar-refractivity contribution in [2.75, 3.05) is 20.2 Å². The van der Waals surface area contributed by atoms with Gasteiger partial charge in [-0.2, -0.15) is 5.10 Å². The number of nitrogens with zero attached hydrogens (tertiary/aromatic N) is 3. The summed E-state index contributed by atoms with van der Waals surface area (Å²) in [4.78, 5) is 2.49. The van der Waals surface area contributed by atoms with E-state index < -0.39 is 0 Å². The second-order valence-corrected chi connectivity index (χ2v) is 5.33. The highest BCUT2D eigenvalue weighted by molar-refractivity contribution is 5.33. The maximum absolute atomic E-state index is 5.44.